The summed E-state index contributed by atoms with van der Waals surface area (Å²) >= 11 is 0. The molecule has 0 spiro atoms. The van der Waals surface area contributed by atoms with Gasteiger partial charge in [-0.1, -0.05) is 0 Å². The number of fused-ring (bicyclic) bond motifs is 1. The zero-order valence-electron chi connectivity index (χ0n) is 14.9. The lowest BCUT2D eigenvalue weighted by Gasteiger charge is -2.11. The maximum Gasteiger partial charge on any atom is 0.573 e. The number of imidazole rings is 1. The first-order valence-electron chi connectivity index (χ1n) is 8.38. The number of ether oxygens (including phenoxy) is 1. The van der Waals surface area contributed by atoms with Crippen LogP contribution >= 0.6 is 0 Å². The molecule has 0 aliphatic heterocycles. The summed E-state index contributed by atoms with van der Waals surface area (Å²) in [6.07, 6.45) is -1.79. The normalized spacial score (nSPS) is 11.6. The monoisotopic (exact) mass is 403 g/mol. The minimum atomic E-state index is -4.75. The zero-order chi connectivity index (χ0) is 20.6. The lowest BCUT2D eigenvalue weighted by atomic mass is 10.3. The van der Waals surface area contributed by atoms with E-state index in [1.165, 1.54) is 48.8 Å². The molecule has 0 aliphatic rings. The van der Waals surface area contributed by atoms with Crippen LogP contribution in [-0.2, 0) is 0 Å². The number of nitrogens with zero attached hydrogens (tertiary/aromatic N) is 4. The number of aryl methyl sites for hydroxylation is 1. The van der Waals surface area contributed by atoms with Crippen molar-refractivity contribution in [1.29, 1.82) is 0 Å². The number of hydrogen-bond acceptors (Lipinski definition) is 5. The second-order valence-corrected chi connectivity index (χ2v) is 6.09. The molecule has 29 heavy (non-hydrogen) atoms. The molecule has 2 heterocycles. The Hall–Kier alpha value is -3.69. The first kappa shape index (κ1) is 18.7. The molecule has 0 saturated heterocycles. The van der Waals surface area contributed by atoms with Crippen LogP contribution in [0, 0.1) is 12.7 Å². The fourth-order valence-corrected chi connectivity index (χ4v) is 2.87. The SMILES string of the molecule is Cc1nc2ccc(F)cc2n1-c1cncc(Nc2ccc(OC(F)(F)F)cc2)n1. The second-order valence-electron chi connectivity index (χ2n) is 6.09. The Balaban J connectivity index is 1.62. The largest absolute Gasteiger partial charge is 0.573 e. The molecule has 0 fully saturated rings. The minimum Gasteiger partial charge on any atom is -0.406 e. The van der Waals surface area contributed by atoms with Crippen molar-refractivity contribution in [2.45, 2.75) is 13.3 Å². The number of anilines is 2. The smallest absolute Gasteiger partial charge is 0.406 e. The number of alkyl halides is 3. The predicted molar refractivity (Wildman–Crippen MR) is 97.8 cm³/mol. The van der Waals surface area contributed by atoms with Gasteiger partial charge < -0.3 is 10.1 Å². The van der Waals surface area contributed by atoms with E-state index in [0.29, 0.717) is 34.2 Å². The highest BCUT2D eigenvalue weighted by Gasteiger charge is 2.30. The molecule has 0 atom stereocenters. The van der Waals surface area contributed by atoms with Gasteiger partial charge >= 0.3 is 6.36 Å². The quantitative estimate of drug-likeness (QED) is 0.491. The molecular formula is C19H13F4N5O. The van der Waals surface area contributed by atoms with Crippen LogP contribution in [0.1, 0.15) is 5.82 Å². The number of aromatic nitrogens is 4. The molecule has 6 nitrogen and oxygen atoms in total. The van der Waals surface area contributed by atoms with Crippen LogP contribution in [0.2, 0.25) is 0 Å². The lowest BCUT2D eigenvalue weighted by Crippen LogP contribution is -2.16. The Bertz CT molecular complexity index is 1170. The van der Waals surface area contributed by atoms with E-state index in [-0.39, 0.29) is 5.75 Å². The third-order valence-electron chi connectivity index (χ3n) is 4.00. The highest BCUT2D eigenvalue weighted by Crippen LogP contribution is 2.26. The summed E-state index contributed by atoms with van der Waals surface area (Å²) in [5.74, 6) is 0.639. The van der Waals surface area contributed by atoms with Gasteiger partial charge in [0.1, 0.15) is 17.4 Å². The van der Waals surface area contributed by atoms with Crippen molar-refractivity contribution in [1.82, 2.24) is 19.5 Å². The van der Waals surface area contributed by atoms with Crippen molar-refractivity contribution in [3.63, 3.8) is 0 Å². The molecule has 0 aliphatic carbocycles. The van der Waals surface area contributed by atoms with Crippen molar-refractivity contribution in [2.75, 3.05) is 5.32 Å². The number of rotatable bonds is 4. The number of halogens is 4. The van der Waals surface area contributed by atoms with E-state index >= 15 is 0 Å². The molecule has 0 bridgehead atoms. The van der Waals surface area contributed by atoms with Gasteiger partial charge in [0.2, 0.25) is 0 Å². The minimum absolute atomic E-state index is 0.328. The summed E-state index contributed by atoms with van der Waals surface area (Å²) in [7, 11) is 0. The molecule has 0 amide bonds. The average molecular weight is 403 g/mol. The Morgan fingerprint density at radius 2 is 1.76 bits per heavy atom. The zero-order valence-corrected chi connectivity index (χ0v) is 14.9. The van der Waals surface area contributed by atoms with E-state index in [1.54, 1.807) is 17.6 Å². The molecule has 4 rings (SSSR count). The molecule has 2 aromatic heterocycles. The van der Waals surface area contributed by atoms with Crippen molar-refractivity contribution < 1.29 is 22.3 Å². The Kier molecular flexibility index (Phi) is 4.53. The van der Waals surface area contributed by atoms with Crippen LogP contribution in [0.5, 0.6) is 5.75 Å². The van der Waals surface area contributed by atoms with Crippen LogP contribution < -0.4 is 10.1 Å². The maximum atomic E-state index is 13.7. The van der Waals surface area contributed by atoms with Gasteiger partial charge in [-0.3, -0.25) is 9.55 Å². The van der Waals surface area contributed by atoms with Crippen LogP contribution in [0.4, 0.5) is 29.1 Å². The van der Waals surface area contributed by atoms with Gasteiger partial charge in [0.25, 0.3) is 0 Å². The average Bonchev–Trinajstić information content (AvgIpc) is 2.97. The summed E-state index contributed by atoms with van der Waals surface area (Å²) in [5.41, 5.74) is 1.65. The molecule has 148 valence electrons. The van der Waals surface area contributed by atoms with Gasteiger partial charge in [0, 0.05) is 11.8 Å². The maximum absolute atomic E-state index is 13.7. The Morgan fingerprint density at radius 1 is 1.00 bits per heavy atom. The van der Waals surface area contributed by atoms with Gasteiger partial charge in [-0.05, 0) is 43.3 Å². The van der Waals surface area contributed by atoms with E-state index in [0.717, 1.165) is 0 Å². The lowest BCUT2D eigenvalue weighted by molar-refractivity contribution is -0.274. The second kappa shape index (κ2) is 7.04. The van der Waals surface area contributed by atoms with Gasteiger partial charge in [-0.25, -0.2) is 14.4 Å². The van der Waals surface area contributed by atoms with E-state index < -0.39 is 12.2 Å². The fraction of sp³-hybridized carbons (Fsp3) is 0.105. The standard InChI is InChI=1S/C19H13F4N5O/c1-11-25-15-7-2-12(20)8-16(15)28(11)18-10-24-9-17(27-18)26-13-3-5-14(6-4-13)29-19(21,22)23/h2-10H,1H3,(H,26,27). The van der Waals surface area contributed by atoms with Crippen LogP contribution in [0.3, 0.4) is 0 Å². The van der Waals surface area contributed by atoms with Crippen molar-refractivity contribution >= 4 is 22.5 Å². The summed E-state index contributed by atoms with van der Waals surface area (Å²) in [5, 5.41) is 2.96. The molecule has 0 unspecified atom stereocenters. The molecule has 0 saturated carbocycles. The highest BCUT2D eigenvalue weighted by molar-refractivity contribution is 5.78. The third-order valence-corrected chi connectivity index (χ3v) is 4.00. The molecule has 4 aromatic rings. The first-order chi connectivity index (χ1) is 13.8. The Labute approximate surface area is 161 Å². The predicted octanol–water partition coefficient (Wildman–Crippen LogP) is 4.91. The topological polar surface area (TPSA) is 64.9 Å². The van der Waals surface area contributed by atoms with Crippen LogP contribution in [0.25, 0.3) is 16.9 Å². The summed E-state index contributed by atoms with van der Waals surface area (Å²) < 4.78 is 55.9. The van der Waals surface area contributed by atoms with Crippen molar-refractivity contribution in [3.05, 3.63) is 66.5 Å². The number of hydrogen-bond donors (Lipinski definition) is 1. The van der Waals surface area contributed by atoms with Gasteiger partial charge in [-0.15, -0.1) is 13.2 Å². The van der Waals surface area contributed by atoms with Gasteiger partial charge in [0.05, 0.1) is 23.4 Å². The molecule has 2 aromatic carbocycles. The van der Waals surface area contributed by atoms with Crippen molar-refractivity contribution in [2.24, 2.45) is 0 Å². The van der Waals surface area contributed by atoms with Crippen molar-refractivity contribution in [3.8, 4) is 11.6 Å². The summed E-state index contributed by atoms with van der Waals surface area (Å²) in [6.45, 7) is 1.76. The fourth-order valence-electron chi connectivity index (χ4n) is 2.87. The summed E-state index contributed by atoms with van der Waals surface area (Å²) in [6, 6.07) is 9.47. The number of nitrogens with one attached hydrogen (secondary N) is 1. The molecule has 1 N–H and O–H groups in total. The van der Waals surface area contributed by atoms with E-state index in [2.05, 4.69) is 25.0 Å². The van der Waals surface area contributed by atoms with E-state index in [1.807, 2.05) is 0 Å². The van der Waals surface area contributed by atoms with E-state index in [4.69, 9.17) is 0 Å². The highest BCUT2D eigenvalue weighted by atomic mass is 19.4. The molecular weight excluding hydrogens is 390 g/mol. The Morgan fingerprint density at radius 3 is 2.48 bits per heavy atom. The van der Waals surface area contributed by atoms with Gasteiger partial charge in [-0.2, -0.15) is 0 Å². The number of benzene rings is 2. The third kappa shape index (κ3) is 4.10. The molecule has 10 heteroatoms. The summed E-state index contributed by atoms with van der Waals surface area (Å²) in [4.78, 5) is 13.0. The first-order valence-corrected chi connectivity index (χ1v) is 8.38. The van der Waals surface area contributed by atoms with E-state index in [9.17, 15) is 17.6 Å². The van der Waals surface area contributed by atoms with Gasteiger partial charge in [0.15, 0.2) is 11.6 Å². The van der Waals surface area contributed by atoms with Crippen LogP contribution in [-0.4, -0.2) is 25.9 Å². The van der Waals surface area contributed by atoms with Crippen LogP contribution in [0.15, 0.2) is 54.9 Å². The molecule has 0 radical (unpaired) electrons.